The van der Waals surface area contributed by atoms with Crippen LogP contribution in [0.15, 0.2) is 97.5 Å². The maximum absolute atomic E-state index is 14.6. The lowest BCUT2D eigenvalue weighted by Crippen LogP contribution is -2.28. The fourth-order valence-electron chi connectivity index (χ4n) is 5.61. The molecule has 4 N–H and O–H groups in total. The Labute approximate surface area is 244 Å². The third kappa shape index (κ3) is 5.53. The molecule has 0 atom stereocenters. The van der Waals surface area contributed by atoms with Crippen LogP contribution < -0.4 is 10.6 Å². The van der Waals surface area contributed by atoms with E-state index in [1.165, 1.54) is 18.9 Å². The van der Waals surface area contributed by atoms with Gasteiger partial charge in [0, 0.05) is 28.5 Å². The maximum atomic E-state index is 14.6. The highest BCUT2D eigenvalue weighted by molar-refractivity contribution is 5.97. The second-order valence-electron chi connectivity index (χ2n) is 10.6. The van der Waals surface area contributed by atoms with E-state index in [1.807, 2.05) is 25.1 Å². The van der Waals surface area contributed by atoms with E-state index in [1.54, 1.807) is 24.4 Å². The average molecular weight is 560 g/mol. The third-order valence-electron chi connectivity index (χ3n) is 7.81. The smallest absolute Gasteiger partial charge is 0.159 e. The number of piperidine rings is 1. The fraction of sp³-hybridized carbons (Fsp3) is 0.206. The molecule has 0 spiro atoms. The first-order valence-corrected chi connectivity index (χ1v) is 14.3. The number of pyridine rings is 1. The van der Waals surface area contributed by atoms with Crippen LogP contribution in [0.3, 0.4) is 0 Å². The molecule has 42 heavy (non-hydrogen) atoms. The van der Waals surface area contributed by atoms with Gasteiger partial charge in [-0.3, -0.25) is 10.1 Å². The van der Waals surface area contributed by atoms with Gasteiger partial charge in [0.05, 0.1) is 11.0 Å². The number of benzene rings is 2. The molecular weight excluding hydrogens is 525 g/mol. The number of allylic oxidation sites excluding steroid dienone is 5. The van der Waals surface area contributed by atoms with Crippen LogP contribution in [0.2, 0.25) is 0 Å². The number of aromatic nitrogens is 5. The molecule has 0 unspecified atom stereocenters. The molecule has 3 aromatic heterocycles. The predicted molar refractivity (Wildman–Crippen MR) is 169 cm³/mol. The molecule has 4 heterocycles. The number of rotatable bonds is 9. The quantitative estimate of drug-likeness (QED) is 0.143. The van der Waals surface area contributed by atoms with E-state index >= 15 is 0 Å². The first kappa shape index (κ1) is 27.4. The molecule has 1 fully saturated rings. The van der Waals surface area contributed by atoms with Gasteiger partial charge in [-0.05, 0) is 98.8 Å². The lowest BCUT2D eigenvalue weighted by molar-refractivity contribution is 0.368. The Bertz CT molecular complexity index is 1840. The van der Waals surface area contributed by atoms with Crippen LogP contribution >= 0.6 is 0 Å². The minimum absolute atomic E-state index is 0.341. The van der Waals surface area contributed by atoms with Crippen LogP contribution in [0, 0.1) is 11.7 Å². The van der Waals surface area contributed by atoms with Gasteiger partial charge in [-0.25, -0.2) is 9.37 Å². The standard InChI is InChI=1S/C34H34FN7/c1-4-23(19-25(5-2)38-21(3)18-22-12-15-36-16-13-22)24-10-11-29-27(20-24)32(42-41-29)34-39-30-14-17-37-31(33(30)40-34)26-8-6-7-9-28(26)35/h4-11,14,17,19-20,22,36,38H,2-3,12-13,15-16,18H2,1H3,(H,39,40)(H,41,42)/b23-4+,25-19+. The van der Waals surface area contributed by atoms with Gasteiger partial charge in [0.15, 0.2) is 5.82 Å². The number of imidazole rings is 1. The van der Waals surface area contributed by atoms with Gasteiger partial charge in [0.25, 0.3) is 0 Å². The molecule has 2 aromatic carbocycles. The average Bonchev–Trinajstić information content (AvgIpc) is 3.64. The van der Waals surface area contributed by atoms with Crippen molar-refractivity contribution in [2.45, 2.75) is 26.2 Å². The third-order valence-corrected chi connectivity index (χ3v) is 7.81. The van der Waals surface area contributed by atoms with E-state index in [4.69, 9.17) is 4.98 Å². The maximum Gasteiger partial charge on any atom is 0.159 e. The summed E-state index contributed by atoms with van der Waals surface area (Å²) in [6.45, 7) is 12.5. The van der Waals surface area contributed by atoms with Crippen molar-refractivity contribution >= 4 is 27.5 Å². The van der Waals surface area contributed by atoms with Crippen molar-refractivity contribution in [2.75, 3.05) is 13.1 Å². The fourth-order valence-corrected chi connectivity index (χ4v) is 5.61. The van der Waals surface area contributed by atoms with E-state index in [2.05, 4.69) is 68.2 Å². The van der Waals surface area contributed by atoms with Crippen LogP contribution in [0.1, 0.15) is 31.7 Å². The number of halogens is 1. The van der Waals surface area contributed by atoms with E-state index in [9.17, 15) is 4.39 Å². The minimum Gasteiger partial charge on any atom is -0.359 e. The highest BCUT2D eigenvalue weighted by atomic mass is 19.1. The summed E-state index contributed by atoms with van der Waals surface area (Å²) in [5.41, 5.74) is 7.79. The lowest BCUT2D eigenvalue weighted by atomic mass is 9.93. The van der Waals surface area contributed by atoms with E-state index < -0.39 is 0 Å². The van der Waals surface area contributed by atoms with Crippen LogP contribution in [-0.4, -0.2) is 38.2 Å². The number of hydrogen-bond donors (Lipinski definition) is 4. The summed E-state index contributed by atoms with van der Waals surface area (Å²) in [6, 6.07) is 14.6. The van der Waals surface area contributed by atoms with Crippen LogP contribution in [0.5, 0.6) is 0 Å². The molecule has 1 aliphatic rings. The predicted octanol–water partition coefficient (Wildman–Crippen LogP) is 7.27. The Morgan fingerprint density at radius 1 is 1.10 bits per heavy atom. The molecular formula is C34H34FN7. The summed E-state index contributed by atoms with van der Waals surface area (Å²) in [6.07, 6.45) is 11.0. The first-order valence-electron chi connectivity index (χ1n) is 14.3. The summed E-state index contributed by atoms with van der Waals surface area (Å²) < 4.78 is 14.6. The number of hydrogen-bond acceptors (Lipinski definition) is 5. The van der Waals surface area contributed by atoms with Crippen molar-refractivity contribution in [3.63, 3.8) is 0 Å². The minimum atomic E-state index is -0.341. The molecule has 0 amide bonds. The molecule has 8 heteroatoms. The van der Waals surface area contributed by atoms with Gasteiger partial charge in [-0.2, -0.15) is 5.10 Å². The second kappa shape index (κ2) is 12.0. The van der Waals surface area contributed by atoms with Crippen molar-refractivity contribution in [2.24, 2.45) is 5.92 Å². The summed E-state index contributed by atoms with van der Waals surface area (Å²) in [4.78, 5) is 12.6. The second-order valence-corrected chi connectivity index (χ2v) is 10.6. The number of nitrogens with one attached hydrogen (secondary N) is 4. The lowest BCUT2D eigenvalue weighted by Gasteiger charge is -2.24. The van der Waals surface area contributed by atoms with Gasteiger partial charge in [0.1, 0.15) is 22.7 Å². The zero-order valence-electron chi connectivity index (χ0n) is 23.7. The van der Waals surface area contributed by atoms with Gasteiger partial charge >= 0.3 is 0 Å². The Balaban J connectivity index is 1.31. The van der Waals surface area contributed by atoms with Crippen molar-refractivity contribution in [1.29, 1.82) is 0 Å². The van der Waals surface area contributed by atoms with Gasteiger partial charge in [-0.15, -0.1) is 0 Å². The van der Waals surface area contributed by atoms with Crippen LogP contribution in [-0.2, 0) is 0 Å². The molecule has 0 aliphatic carbocycles. The van der Waals surface area contributed by atoms with Gasteiger partial charge < -0.3 is 15.6 Å². The molecule has 0 saturated carbocycles. The monoisotopic (exact) mass is 559 g/mol. The highest BCUT2D eigenvalue weighted by Gasteiger charge is 2.18. The SMILES string of the molecule is C=C/C(=C\C(=C/C)c1ccc2[nH]nc(-c3nc4c(-c5ccccc5F)nccc4[nH]3)c2c1)NC(=C)CC1CCNCC1. The van der Waals surface area contributed by atoms with Crippen molar-refractivity contribution < 1.29 is 4.39 Å². The Hall–Kier alpha value is -4.82. The van der Waals surface area contributed by atoms with E-state index in [-0.39, 0.29) is 5.82 Å². The molecule has 1 aliphatic heterocycles. The van der Waals surface area contributed by atoms with E-state index in [0.717, 1.165) is 58.5 Å². The molecule has 0 bridgehead atoms. The molecule has 7 nitrogen and oxygen atoms in total. The summed E-state index contributed by atoms with van der Waals surface area (Å²) in [5, 5.41) is 15.5. The number of fused-ring (bicyclic) bond motifs is 2. The molecule has 5 aromatic rings. The largest absolute Gasteiger partial charge is 0.359 e. The van der Waals surface area contributed by atoms with E-state index in [0.29, 0.717) is 34.2 Å². The molecule has 1 saturated heterocycles. The number of H-pyrrole nitrogens is 2. The Kier molecular flexibility index (Phi) is 7.79. The molecule has 0 radical (unpaired) electrons. The van der Waals surface area contributed by atoms with Crippen LogP contribution in [0.25, 0.3) is 50.3 Å². The molecule has 6 rings (SSSR count). The van der Waals surface area contributed by atoms with Gasteiger partial charge in [-0.1, -0.05) is 37.4 Å². The summed E-state index contributed by atoms with van der Waals surface area (Å²) >= 11 is 0. The number of nitrogens with zero attached hydrogens (tertiary/aromatic N) is 3. The Morgan fingerprint density at radius 2 is 1.93 bits per heavy atom. The zero-order valence-corrected chi connectivity index (χ0v) is 23.7. The van der Waals surface area contributed by atoms with Crippen LogP contribution in [0.4, 0.5) is 4.39 Å². The molecule has 212 valence electrons. The van der Waals surface area contributed by atoms with Crippen molar-refractivity contribution in [3.8, 4) is 22.8 Å². The first-order chi connectivity index (χ1) is 20.5. The number of aromatic amines is 2. The zero-order chi connectivity index (χ0) is 29.1. The normalized spacial score (nSPS) is 14.9. The summed E-state index contributed by atoms with van der Waals surface area (Å²) in [7, 11) is 0. The highest BCUT2D eigenvalue weighted by Crippen LogP contribution is 2.32. The van der Waals surface area contributed by atoms with Gasteiger partial charge in [0.2, 0.25) is 0 Å². The van der Waals surface area contributed by atoms with Crippen molar-refractivity contribution in [1.82, 2.24) is 35.8 Å². The summed E-state index contributed by atoms with van der Waals surface area (Å²) in [5.74, 6) is 0.892. The van der Waals surface area contributed by atoms with Crippen molar-refractivity contribution in [3.05, 3.63) is 109 Å². The Morgan fingerprint density at radius 3 is 2.71 bits per heavy atom. The topological polar surface area (TPSA) is 94.3 Å².